The van der Waals surface area contributed by atoms with Gasteiger partial charge in [-0.2, -0.15) is 0 Å². The highest BCUT2D eigenvalue weighted by atomic mass is 16.5. The number of carbonyl (C=O) groups is 3. The quantitative estimate of drug-likeness (QED) is 0.309. The van der Waals surface area contributed by atoms with Gasteiger partial charge in [-0.3, -0.25) is 14.4 Å². The molecule has 0 saturated carbocycles. The molecule has 21 heavy (non-hydrogen) atoms. The van der Waals surface area contributed by atoms with E-state index in [4.69, 9.17) is 24.8 Å². The zero-order valence-corrected chi connectivity index (χ0v) is 11.6. The van der Waals surface area contributed by atoms with Crippen molar-refractivity contribution in [2.24, 2.45) is 0 Å². The predicted octanol–water partition coefficient (Wildman–Crippen LogP) is -0.598. The zero-order chi connectivity index (χ0) is 16.1. The Morgan fingerprint density at radius 2 is 1.24 bits per heavy atom. The molecular weight excluding hydrogens is 286 g/mol. The van der Waals surface area contributed by atoms with Gasteiger partial charge in [-0.1, -0.05) is 0 Å². The minimum Gasteiger partial charge on any atom is -0.481 e. The third-order valence-corrected chi connectivity index (χ3v) is 2.33. The summed E-state index contributed by atoms with van der Waals surface area (Å²) in [5, 5.41) is 28.4. The molecule has 0 aliphatic heterocycles. The SMILES string of the molecule is O=C(O)CCNC(COCCC(=O)O)COCCC(=O)O. The molecular formula is C12H21NO8. The molecule has 0 fully saturated rings. The molecule has 9 heteroatoms. The van der Waals surface area contributed by atoms with Crippen LogP contribution in [-0.4, -0.2) is 72.2 Å². The van der Waals surface area contributed by atoms with E-state index in [1.54, 1.807) is 0 Å². The molecule has 4 N–H and O–H groups in total. The molecule has 0 saturated heterocycles. The first-order valence-electron chi connectivity index (χ1n) is 6.46. The number of carboxylic acids is 3. The Labute approximate surface area is 121 Å². The summed E-state index contributed by atoms with van der Waals surface area (Å²) in [5.41, 5.74) is 0. The number of ether oxygens (including phenoxy) is 2. The first-order valence-corrected chi connectivity index (χ1v) is 6.46. The molecule has 0 atom stereocenters. The Morgan fingerprint density at radius 1 is 0.810 bits per heavy atom. The standard InChI is InChI=1S/C12H21NO8/c14-10(15)1-4-13-9(7-20-5-2-11(16)17)8-21-6-3-12(18)19/h9,13H,1-8H2,(H,14,15)(H,16,17)(H,18,19). The molecule has 122 valence electrons. The third kappa shape index (κ3) is 14.5. The Morgan fingerprint density at radius 3 is 1.62 bits per heavy atom. The average Bonchev–Trinajstić information content (AvgIpc) is 2.37. The van der Waals surface area contributed by atoms with Gasteiger partial charge in [-0.25, -0.2) is 0 Å². The van der Waals surface area contributed by atoms with Crippen LogP contribution in [0.4, 0.5) is 0 Å². The lowest BCUT2D eigenvalue weighted by molar-refractivity contribution is -0.139. The van der Waals surface area contributed by atoms with Gasteiger partial charge in [-0.15, -0.1) is 0 Å². The van der Waals surface area contributed by atoms with E-state index in [2.05, 4.69) is 5.32 Å². The number of carboxylic acid groups (broad SMARTS) is 3. The molecule has 0 aromatic rings. The van der Waals surface area contributed by atoms with Crippen molar-refractivity contribution >= 4 is 17.9 Å². The monoisotopic (exact) mass is 307 g/mol. The van der Waals surface area contributed by atoms with Crippen LogP contribution in [0.2, 0.25) is 0 Å². The molecule has 0 rings (SSSR count). The summed E-state index contributed by atoms with van der Waals surface area (Å²) < 4.78 is 10.3. The van der Waals surface area contributed by atoms with E-state index < -0.39 is 17.9 Å². The van der Waals surface area contributed by atoms with Gasteiger partial charge in [0.2, 0.25) is 0 Å². The van der Waals surface area contributed by atoms with E-state index >= 15 is 0 Å². The van der Waals surface area contributed by atoms with Crippen LogP contribution in [0.25, 0.3) is 0 Å². The molecule has 0 unspecified atom stereocenters. The van der Waals surface area contributed by atoms with Crippen LogP contribution in [0.5, 0.6) is 0 Å². The van der Waals surface area contributed by atoms with Crippen LogP contribution >= 0.6 is 0 Å². The number of hydrogen-bond acceptors (Lipinski definition) is 6. The fraction of sp³-hybridized carbons (Fsp3) is 0.750. The maximum atomic E-state index is 10.4. The highest BCUT2D eigenvalue weighted by Gasteiger charge is 2.10. The van der Waals surface area contributed by atoms with E-state index in [1.807, 2.05) is 0 Å². The van der Waals surface area contributed by atoms with Crippen molar-refractivity contribution in [2.75, 3.05) is 33.0 Å². The molecule has 0 amide bonds. The zero-order valence-electron chi connectivity index (χ0n) is 11.6. The Balaban J connectivity index is 3.92. The Kier molecular flexibility index (Phi) is 11.1. The van der Waals surface area contributed by atoms with Crippen LogP contribution < -0.4 is 5.32 Å². The highest BCUT2D eigenvalue weighted by molar-refractivity contribution is 5.67. The second-order valence-corrected chi connectivity index (χ2v) is 4.23. The lowest BCUT2D eigenvalue weighted by Crippen LogP contribution is -2.39. The van der Waals surface area contributed by atoms with Crippen molar-refractivity contribution in [1.29, 1.82) is 0 Å². The molecule has 0 aromatic carbocycles. The molecule has 0 bridgehead atoms. The summed E-state index contributed by atoms with van der Waals surface area (Å²) in [6.45, 7) is 0.605. The summed E-state index contributed by atoms with van der Waals surface area (Å²) in [7, 11) is 0. The highest BCUT2D eigenvalue weighted by Crippen LogP contribution is 1.93. The van der Waals surface area contributed by atoms with E-state index in [9.17, 15) is 14.4 Å². The fourth-order valence-corrected chi connectivity index (χ4v) is 1.32. The van der Waals surface area contributed by atoms with Crippen LogP contribution in [0.15, 0.2) is 0 Å². The minimum atomic E-state index is -0.969. The van der Waals surface area contributed by atoms with E-state index in [1.165, 1.54) is 0 Å². The van der Waals surface area contributed by atoms with Crippen LogP contribution in [0, 0.1) is 0 Å². The van der Waals surface area contributed by atoms with Crippen molar-refractivity contribution in [2.45, 2.75) is 25.3 Å². The largest absolute Gasteiger partial charge is 0.481 e. The van der Waals surface area contributed by atoms with E-state index in [0.29, 0.717) is 0 Å². The first-order chi connectivity index (χ1) is 9.91. The number of rotatable bonds is 14. The second kappa shape index (κ2) is 12.1. The summed E-state index contributed by atoms with van der Waals surface area (Å²) in [5.74, 6) is -2.88. The average molecular weight is 307 g/mol. The molecule has 0 aliphatic carbocycles. The topological polar surface area (TPSA) is 142 Å². The van der Waals surface area contributed by atoms with Crippen LogP contribution in [0.1, 0.15) is 19.3 Å². The predicted molar refractivity (Wildman–Crippen MR) is 70.2 cm³/mol. The lowest BCUT2D eigenvalue weighted by Gasteiger charge is -2.18. The van der Waals surface area contributed by atoms with Crippen LogP contribution in [0.3, 0.4) is 0 Å². The number of aliphatic carboxylic acids is 3. The van der Waals surface area contributed by atoms with Gasteiger partial charge in [0.15, 0.2) is 0 Å². The summed E-state index contributed by atoms with van der Waals surface area (Å²) >= 11 is 0. The van der Waals surface area contributed by atoms with Gasteiger partial charge in [-0.05, 0) is 0 Å². The molecule has 0 aromatic heterocycles. The molecule has 0 spiro atoms. The van der Waals surface area contributed by atoms with E-state index in [-0.39, 0.29) is 58.3 Å². The molecule has 9 nitrogen and oxygen atoms in total. The van der Waals surface area contributed by atoms with E-state index in [0.717, 1.165) is 0 Å². The maximum absolute atomic E-state index is 10.4. The molecule has 0 radical (unpaired) electrons. The van der Waals surface area contributed by atoms with Crippen LogP contribution in [-0.2, 0) is 23.9 Å². The van der Waals surface area contributed by atoms with Gasteiger partial charge in [0.05, 0.1) is 51.7 Å². The number of nitrogens with one attached hydrogen (secondary N) is 1. The molecule has 0 heterocycles. The second-order valence-electron chi connectivity index (χ2n) is 4.23. The van der Waals surface area contributed by atoms with Gasteiger partial charge in [0.25, 0.3) is 0 Å². The summed E-state index contributed by atoms with van der Waals surface area (Å²) in [6.07, 6.45) is -0.315. The van der Waals surface area contributed by atoms with Gasteiger partial charge in [0, 0.05) is 6.54 Å². The van der Waals surface area contributed by atoms with Crippen molar-refractivity contribution in [3.05, 3.63) is 0 Å². The fourth-order valence-electron chi connectivity index (χ4n) is 1.32. The van der Waals surface area contributed by atoms with Gasteiger partial charge < -0.3 is 30.1 Å². The maximum Gasteiger partial charge on any atom is 0.305 e. The van der Waals surface area contributed by atoms with Crippen molar-refractivity contribution < 1.29 is 39.2 Å². The lowest BCUT2D eigenvalue weighted by atomic mass is 10.3. The molecule has 0 aliphatic rings. The smallest absolute Gasteiger partial charge is 0.305 e. The van der Waals surface area contributed by atoms with Crippen molar-refractivity contribution in [3.8, 4) is 0 Å². The summed E-state index contributed by atoms with van der Waals surface area (Å²) in [4.78, 5) is 31.1. The number of hydrogen-bond donors (Lipinski definition) is 4. The minimum absolute atomic E-state index is 0.0432. The van der Waals surface area contributed by atoms with Gasteiger partial charge >= 0.3 is 17.9 Å². The first kappa shape index (κ1) is 19.3. The third-order valence-electron chi connectivity index (χ3n) is 2.33. The Hall–Kier alpha value is -1.71. The normalized spacial score (nSPS) is 10.7. The van der Waals surface area contributed by atoms with Crippen molar-refractivity contribution in [3.63, 3.8) is 0 Å². The van der Waals surface area contributed by atoms with Crippen molar-refractivity contribution in [1.82, 2.24) is 5.32 Å². The van der Waals surface area contributed by atoms with Gasteiger partial charge in [0.1, 0.15) is 0 Å². The summed E-state index contributed by atoms with van der Waals surface area (Å²) in [6, 6.07) is -0.327. The Bertz CT molecular complexity index is 311.